The zero-order chi connectivity index (χ0) is 21.7. The van der Waals surface area contributed by atoms with Crippen molar-refractivity contribution in [3.63, 3.8) is 0 Å². The van der Waals surface area contributed by atoms with E-state index < -0.39 is 20.9 Å². The molecule has 0 saturated carbocycles. The number of carbonyl (C=O) groups excluding carboxylic acids is 1. The van der Waals surface area contributed by atoms with Crippen LogP contribution in [0.15, 0.2) is 70.1 Å². The molecule has 1 amide bonds. The number of nitro groups is 1. The number of rotatable bonds is 7. The molecule has 10 nitrogen and oxygen atoms in total. The molecule has 0 aliphatic carbocycles. The summed E-state index contributed by atoms with van der Waals surface area (Å²) < 4.78 is 31.8. The van der Waals surface area contributed by atoms with E-state index in [1.54, 1.807) is 6.92 Å². The number of nitro benzene ring substituents is 1. The molecule has 3 rings (SSSR count). The molecule has 0 spiro atoms. The number of nitrogens with zero attached hydrogens (tertiary/aromatic N) is 2. The number of hydrogen-bond acceptors (Lipinski definition) is 7. The third-order valence-electron chi connectivity index (χ3n) is 3.83. The van der Waals surface area contributed by atoms with Crippen molar-refractivity contribution in [2.45, 2.75) is 11.8 Å². The minimum absolute atomic E-state index is 0.0115. The SMILES string of the molecule is Cc1cc(NS(=O)(=O)c2ccc(NC(=O)/C=C\c3ccc([N+](=O)[O-])cc3)cc2)no1. The van der Waals surface area contributed by atoms with Gasteiger partial charge >= 0.3 is 0 Å². The molecule has 2 aromatic carbocycles. The summed E-state index contributed by atoms with van der Waals surface area (Å²) in [6.07, 6.45) is 2.77. The van der Waals surface area contributed by atoms with Crippen LogP contribution in [0.25, 0.3) is 6.08 Å². The van der Waals surface area contributed by atoms with Crippen LogP contribution in [0.3, 0.4) is 0 Å². The van der Waals surface area contributed by atoms with Crippen LogP contribution in [0, 0.1) is 17.0 Å². The van der Waals surface area contributed by atoms with E-state index in [0.717, 1.165) is 0 Å². The zero-order valence-corrected chi connectivity index (χ0v) is 16.4. The molecule has 154 valence electrons. The van der Waals surface area contributed by atoms with Gasteiger partial charge < -0.3 is 9.84 Å². The van der Waals surface area contributed by atoms with Gasteiger partial charge in [0.1, 0.15) is 5.76 Å². The minimum atomic E-state index is -3.85. The Labute approximate surface area is 171 Å². The molecule has 11 heteroatoms. The fourth-order valence-corrected chi connectivity index (χ4v) is 3.38. The second kappa shape index (κ2) is 8.57. The molecule has 1 aromatic heterocycles. The van der Waals surface area contributed by atoms with E-state index >= 15 is 0 Å². The Morgan fingerprint density at radius 3 is 2.37 bits per heavy atom. The van der Waals surface area contributed by atoms with Crippen LogP contribution in [0.1, 0.15) is 11.3 Å². The number of amides is 1. The topological polar surface area (TPSA) is 144 Å². The van der Waals surface area contributed by atoms with Gasteiger partial charge in [0.05, 0.1) is 9.82 Å². The van der Waals surface area contributed by atoms with Crippen molar-refractivity contribution in [3.8, 4) is 0 Å². The van der Waals surface area contributed by atoms with Gasteiger partial charge in [-0.3, -0.25) is 19.6 Å². The monoisotopic (exact) mass is 428 g/mol. The fraction of sp³-hybridized carbons (Fsp3) is 0.0526. The van der Waals surface area contributed by atoms with Crippen molar-refractivity contribution in [2.24, 2.45) is 0 Å². The van der Waals surface area contributed by atoms with Gasteiger partial charge in [-0.1, -0.05) is 5.16 Å². The summed E-state index contributed by atoms with van der Waals surface area (Å²) in [5.74, 6) is 0.0916. The maximum atomic E-state index is 12.3. The number of hydrogen-bond donors (Lipinski definition) is 2. The highest BCUT2D eigenvalue weighted by atomic mass is 32.2. The lowest BCUT2D eigenvalue weighted by Gasteiger charge is -2.06. The Bertz CT molecular complexity index is 1200. The minimum Gasteiger partial charge on any atom is -0.360 e. The van der Waals surface area contributed by atoms with Crippen molar-refractivity contribution in [2.75, 3.05) is 10.0 Å². The first kappa shape index (κ1) is 20.7. The first-order valence-corrected chi connectivity index (χ1v) is 10.0. The number of aryl methyl sites for hydroxylation is 1. The quantitative estimate of drug-likeness (QED) is 0.333. The molecule has 0 aliphatic rings. The normalized spacial score (nSPS) is 11.4. The van der Waals surface area contributed by atoms with E-state index in [9.17, 15) is 23.3 Å². The molecule has 1 heterocycles. The van der Waals surface area contributed by atoms with Gasteiger partial charge in [-0.25, -0.2) is 8.42 Å². The third kappa shape index (κ3) is 5.29. The summed E-state index contributed by atoms with van der Waals surface area (Å²) in [4.78, 5) is 22.1. The van der Waals surface area contributed by atoms with Crippen LogP contribution in [0.4, 0.5) is 17.2 Å². The standard InChI is InChI=1S/C19H16N4O6S/c1-13-12-18(21-29-13)22-30(27,28)17-9-5-15(6-10-17)20-19(24)11-4-14-2-7-16(8-3-14)23(25)26/h2-12H,1H3,(H,20,24)(H,21,22)/b11-4-. The van der Waals surface area contributed by atoms with Gasteiger partial charge in [-0.2, -0.15) is 0 Å². The lowest BCUT2D eigenvalue weighted by molar-refractivity contribution is -0.384. The second-order valence-corrected chi connectivity index (χ2v) is 7.81. The molecule has 30 heavy (non-hydrogen) atoms. The Hall–Kier alpha value is -3.99. The summed E-state index contributed by atoms with van der Waals surface area (Å²) in [6, 6.07) is 12.7. The summed E-state index contributed by atoms with van der Waals surface area (Å²) in [5, 5.41) is 16.8. The first-order valence-electron chi connectivity index (χ1n) is 8.53. The molecular formula is C19H16N4O6S. The maximum absolute atomic E-state index is 12.3. The van der Waals surface area contributed by atoms with E-state index in [1.807, 2.05) is 0 Å². The predicted molar refractivity (Wildman–Crippen MR) is 109 cm³/mol. The predicted octanol–water partition coefficient (Wildman–Crippen LogP) is 3.34. The highest BCUT2D eigenvalue weighted by Gasteiger charge is 2.16. The lowest BCUT2D eigenvalue weighted by atomic mass is 10.2. The number of carbonyl (C=O) groups is 1. The van der Waals surface area contributed by atoms with Crippen molar-refractivity contribution < 1.29 is 22.7 Å². The van der Waals surface area contributed by atoms with Crippen molar-refractivity contribution in [3.05, 3.63) is 82.1 Å². The Balaban J connectivity index is 1.62. The molecule has 0 atom stereocenters. The van der Waals surface area contributed by atoms with E-state index in [4.69, 9.17) is 4.52 Å². The third-order valence-corrected chi connectivity index (χ3v) is 5.20. The molecule has 3 aromatic rings. The Morgan fingerprint density at radius 2 is 1.80 bits per heavy atom. The number of non-ortho nitro benzene ring substituents is 1. The molecule has 0 saturated heterocycles. The molecule has 0 fully saturated rings. The van der Waals surface area contributed by atoms with Crippen LogP contribution in [0.5, 0.6) is 0 Å². The van der Waals surface area contributed by atoms with Gasteiger partial charge in [0.25, 0.3) is 15.7 Å². The molecule has 0 radical (unpaired) electrons. The molecule has 2 N–H and O–H groups in total. The van der Waals surface area contributed by atoms with Crippen LogP contribution in [-0.2, 0) is 14.8 Å². The summed E-state index contributed by atoms with van der Waals surface area (Å²) >= 11 is 0. The molecule has 0 unspecified atom stereocenters. The highest BCUT2D eigenvalue weighted by molar-refractivity contribution is 7.92. The van der Waals surface area contributed by atoms with Crippen LogP contribution < -0.4 is 10.0 Å². The Kier molecular flexibility index (Phi) is 5.93. The zero-order valence-electron chi connectivity index (χ0n) is 15.6. The van der Waals surface area contributed by atoms with Crippen LogP contribution in [-0.4, -0.2) is 24.4 Å². The van der Waals surface area contributed by atoms with Crippen molar-refractivity contribution in [1.29, 1.82) is 0 Å². The number of sulfonamides is 1. The van der Waals surface area contributed by atoms with Gasteiger partial charge in [-0.05, 0) is 55.0 Å². The largest absolute Gasteiger partial charge is 0.360 e. The van der Waals surface area contributed by atoms with Gasteiger partial charge in [-0.15, -0.1) is 0 Å². The van der Waals surface area contributed by atoms with Crippen LogP contribution >= 0.6 is 0 Å². The highest BCUT2D eigenvalue weighted by Crippen LogP contribution is 2.18. The smallest absolute Gasteiger partial charge is 0.269 e. The molecule has 0 bridgehead atoms. The fourth-order valence-electron chi connectivity index (χ4n) is 2.39. The van der Waals surface area contributed by atoms with Crippen molar-refractivity contribution in [1.82, 2.24) is 5.16 Å². The Morgan fingerprint density at radius 1 is 1.13 bits per heavy atom. The first-order chi connectivity index (χ1) is 14.2. The van der Waals surface area contributed by atoms with E-state index in [-0.39, 0.29) is 16.4 Å². The van der Waals surface area contributed by atoms with E-state index in [1.165, 1.54) is 66.7 Å². The van der Waals surface area contributed by atoms with E-state index in [0.29, 0.717) is 17.0 Å². The average molecular weight is 428 g/mol. The molecular weight excluding hydrogens is 412 g/mol. The number of nitrogens with one attached hydrogen (secondary N) is 2. The van der Waals surface area contributed by atoms with Gasteiger partial charge in [0.2, 0.25) is 5.91 Å². The maximum Gasteiger partial charge on any atom is 0.269 e. The van der Waals surface area contributed by atoms with Gasteiger partial charge in [0, 0.05) is 30.0 Å². The number of benzene rings is 2. The summed E-state index contributed by atoms with van der Waals surface area (Å²) in [7, 11) is -3.85. The van der Waals surface area contributed by atoms with Crippen LogP contribution in [0.2, 0.25) is 0 Å². The van der Waals surface area contributed by atoms with E-state index in [2.05, 4.69) is 15.2 Å². The summed E-state index contributed by atoms with van der Waals surface area (Å²) in [6.45, 7) is 1.64. The number of aromatic nitrogens is 1. The van der Waals surface area contributed by atoms with Crippen molar-refractivity contribution >= 4 is 39.2 Å². The molecule has 0 aliphatic heterocycles. The average Bonchev–Trinajstić information content (AvgIpc) is 3.11. The van der Waals surface area contributed by atoms with Gasteiger partial charge in [0.15, 0.2) is 5.82 Å². The second-order valence-electron chi connectivity index (χ2n) is 6.12. The lowest BCUT2D eigenvalue weighted by Crippen LogP contribution is -2.13. The number of anilines is 2. The summed E-state index contributed by atoms with van der Waals surface area (Å²) in [5.41, 5.74) is 0.968.